The predicted molar refractivity (Wildman–Crippen MR) is 124 cm³/mol. The molecule has 1 aliphatic rings. The highest BCUT2D eigenvalue weighted by atomic mass is 32.1. The molecular weight excluding hydrogens is 382 g/mol. The van der Waals surface area contributed by atoms with Crippen molar-refractivity contribution in [1.29, 1.82) is 0 Å². The average molecular weight is 414 g/mol. The van der Waals surface area contributed by atoms with Crippen molar-refractivity contribution in [2.24, 2.45) is 0 Å². The number of piperazine rings is 1. The van der Waals surface area contributed by atoms with Gasteiger partial charge in [0.05, 0.1) is 14.2 Å². The van der Waals surface area contributed by atoms with Crippen LogP contribution in [0.2, 0.25) is 0 Å². The number of thiocarbonyl (C=S) groups is 1. The number of methoxy groups -OCH3 is 2. The summed E-state index contributed by atoms with van der Waals surface area (Å²) in [5.41, 5.74) is 5.18. The van der Waals surface area contributed by atoms with E-state index in [0.717, 1.165) is 55.8 Å². The molecule has 0 saturated carbocycles. The molecule has 0 atom stereocenters. The molecule has 0 aliphatic carbocycles. The molecular formula is C23H31N3O2S. The summed E-state index contributed by atoms with van der Waals surface area (Å²) in [7, 11) is 3.31. The van der Waals surface area contributed by atoms with Crippen LogP contribution < -0.4 is 19.7 Å². The Labute approximate surface area is 179 Å². The largest absolute Gasteiger partial charge is 0.493 e. The van der Waals surface area contributed by atoms with Crippen LogP contribution in [0, 0.1) is 13.8 Å². The quantitative estimate of drug-likeness (QED) is 0.730. The molecule has 0 radical (unpaired) electrons. The maximum atomic E-state index is 5.63. The summed E-state index contributed by atoms with van der Waals surface area (Å²) in [6.07, 6.45) is 0.878. The first kappa shape index (κ1) is 21.2. The van der Waals surface area contributed by atoms with E-state index in [1.54, 1.807) is 14.2 Å². The second kappa shape index (κ2) is 9.83. The van der Waals surface area contributed by atoms with Gasteiger partial charge in [-0.05, 0) is 61.8 Å². The minimum atomic E-state index is 0.751. The molecule has 1 N–H and O–H groups in total. The maximum Gasteiger partial charge on any atom is 0.169 e. The number of hydrogen-bond acceptors (Lipinski definition) is 4. The van der Waals surface area contributed by atoms with Crippen LogP contribution in [0.15, 0.2) is 36.4 Å². The first-order valence-corrected chi connectivity index (χ1v) is 10.5. The van der Waals surface area contributed by atoms with E-state index < -0.39 is 0 Å². The molecule has 3 rings (SSSR count). The van der Waals surface area contributed by atoms with Crippen LogP contribution >= 0.6 is 12.2 Å². The summed E-state index contributed by atoms with van der Waals surface area (Å²) in [5.74, 6) is 1.51. The molecule has 1 heterocycles. The number of aryl methyl sites for hydroxylation is 2. The summed E-state index contributed by atoms with van der Waals surface area (Å²) in [6.45, 7) is 8.98. The van der Waals surface area contributed by atoms with Gasteiger partial charge in [0.1, 0.15) is 0 Å². The third-order valence-electron chi connectivity index (χ3n) is 5.40. The van der Waals surface area contributed by atoms with Crippen LogP contribution in [-0.2, 0) is 6.42 Å². The van der Waals surface area contributed by atoms with Crippen molar-refractivity contribution in [1.82, 2.24) is 10.2 Å². The number of benzene rings is 2. The Morgan fingerprint density at radius 3 is 2.34 bits per heavy atom. The van der Waals surface area contributed by atoms with Gasteiger partial charge in [-0.25, -0.2) is 0 Å². The molecule has 0 amide bonds. The van der Waals surface area contributed by atoms with Gasteiger partial charge in [-0.15, -0.1) is 0 Å². The Kier molecular flexibility index (Phi) is 7.20. The van der Waals surface area contributed by atoms with Crippen LogP contribution in [0.1, 0.15) is 16.7 Å². The standard InChI is InChI=1S/C23H31N3O2S/c1-17-5-7-20(18(2)15-17)25-11-13-26(14-12-25)23(29)24-10-9-19-6-8-21(27-3)22(16-19)28-4/h5-8,15-16H,9-14H2,1-4H3,(H,24,29). The van der Waals surface area contributed by atoms with E-state index in [1.807, 2.05) is 12.1 Å². The molecule has 0 aromatic heterocycles. The molecule has 1 saturated heterocycles. The van der Waals surface area contributed by atoms with Crippen molar-refractivity contribution in [3.05, 3.63) is 53.1 Å². The summed E-state index contributed by atoms with van der Waals surface area (Å²) in [5, 5.41) is 4.25. The fourth-order valence-electron chi connectivity index (χ4n) is 3.77. The second-order valence-corrected chi connectivity index (χ2v) is 7.82. The average Bonchev–Trinajstić information content (AvgIpc) is 2.73. The molecule has 1 fully saturated rings. The lowest BCUT2D eigenvalue weighted by molar-refractivity contribution is 0.354. The number of ether oxygens (including phenoxy) is 2. The molecule has 6 heteroatoms. The maximum absolute atomic E-state index is 5.63. The third-order valence-corrected chi connectivity index (χ3v) is 5.80. The Bertz CT molecular complexity index is 848. The van der Waals surface area contributed by atoms with Crippen molar-refractivity contribution < 1.29 is 9.47 Å². The number of hydrogen-bond donors (Lipinski definition) is 1. The number of anilines is 1. The molecule has 29 heavy (non-hydrogen) atoms. The van der Waals surface area contributed by atoms with Gasteiger partial charge in [0.25, 0.3) is 0 Å². The van der Waals surface area contributed by atoms with Crippen molar-refractivity contribution in [3.8, 4) is 11.5 Å². The zero-order valence-electron chi connectivity index (χ0n) is 17.8. The molecule has 0 bridgehead atoms. The van der Waals surface area contributed by atoms with E-state index in [-0.39, 0.29) is 0 Å². The van der Waals surface area contributed by atoms with Gasteiger partial charge in [-0.2, -0.15) is 0 Å². The summed E-state index contributed by atoms with van der Waals surface area (Å²) in [6, 6.07) is 12.7. The molecule has 2 aromatic carbocycles. The van der Waals surface area contributed by atoms with Crippen molar-refractivity contribution >= 4 is 23.0 Å². The third kappa shape index (κ3) is 5.32. The van der Waals surface area contributed by atoms with E-state index in [9.17, 15) is 0 Å². The summed E-state index contributed by atoms with van der Waals surface area (Å²) < 4.78 is 10.7. The lowest BCUT2D eigenvalue weighted by Crippen LogP contribution is -2.52. The van der Waals surface area contributed by atoms with Crippen LogP contribution in [0.25, 0.3) is 0 Å². The minimum Gasteiger partial charge on any atom is -0.493 e. The zero-order chi connectivity index (χ0) is 20.8. The molecule has 1 aliphatic heterocycles. The van der Waals surface area contributed by atoms with E-state index in [2.05, 4.69) is 53.2 Å². The van der Waals surface area contributed by atoms with Crippen LogP contribution in [-0.4, -0.2) is 57.0 Å². The van der Waals surface area contributed by atoms with E-state index in [0.29, 0.717) is 0 Å². The highest BCUT2D eigenvalue weighted by Crippen LogP contribution is 2.27. The highest BCUT2D eigenvalue weighted by Gasteiger charge is 2.20. The van der Waals surface area contributed by atoms with Crippen LogP contribution in [0.5, 0.6) is 11.5 Å². The molecule has 0 spiro atoms. The van der Waals surface area contributed by atoms with E-state index in [4.69, 9.17) is 21.7 Å². The molecule has 5 nitrogen and oxygen atoms in total. The first-order chi connectivity index (χ1) is 14.0. The summed E-state index contributed by atoms with van der Waals surface area (Å²) in [4.78, 5) is 4.72. The van der Waals surface area contributed by atoms with E-state index >= 15 is 0 Å². The van der Waals surface area contributed by atoms with Crippen LogP contribution in [0.3, 0.4) is 0 Å². The molecule has 2 aromatic rings. The number of rotatable bonds is 6. The lowest BCUT2D eigenvalue weighted by Gasteiger charge is -2.38. The highest BCUT2D eigenvalue weighted by molar-refractivity contribution is 7.80. The normalized spacial score (nSPS) is 13.9. The van der Waals surface area contributed by atoms with Gasteiger partial charge in [-0.3, -0.25) is 0 Å². The van der Waals surface area contributed by atoms with Gasteiger partial charge in [0.15, 0.2) is 16.6 Å². The van der Waals surface area contributed by atoms with Gasteiger partial charge >= 0.3 is 0 Å². The van der Waals surface area contributed by atoms with Crippen LogP contribution in [0.4, 0.5) is 5.69 Å². The topological polar surface area (TPSA) is 37.0 Å². The monoisotopic (exact) mass is 413 g/mol. The Morgan fingerprint density at radius 1 is 0.966 bits per heavy atom. The van der Waals surface area contributed by atoms with Crippen molar-refractivity contribution in [2.75, 3.05) is 51.8 Å². The van der Waals surface area contributed by atoms with Gasteiger partial charge in [0, 0.05) is 38.4 Å². The Morgan fingerprint density at radius 2 is 1.69 bits per heavy atom. The Hall–Kier alpha value is -2.47. The SMILES string of the molecule is COc1ccc(CCNC(=S)N2CCN(c3ccc(C)cc3C)CC2)cc1OC. The summed E-state index contributed by atoms with van der Waals surface area (Å²) >= 11 is 5.63. The lowest BCUT2D eigenvalue weighted by atomic mass is 10.1. The fourth-order valence-corrected chi connectivity index (χ4v) is 4.06. The minimum absolute atomic E-state index is 0.751. The predicted octanol–water partition coefficient (Wildman–Crippen LogP) is 3.56. The van der Waals surface area contributed by atoms with Gasteiger partial charge < -0.3 is 24.6 Å². The van der Waals surface area contributed by atoms with E-state index in [1.165, 1.54) is 22.4 Å². The molecule has 0 unspecified atom stereocenters. The molecule has 156 valence electrons. The fraction of sp³-hybridized carbons (Fsp3) is 0.435. The number of nitrogens with one attached hydrogen (secondary N) is 1. The second-order valence-electron chi connectivity index (χ2n) is 7.44. The number of nitrogens with zero attached hydrogens (tertiary/aromatic N) is 2. The van der Waals surface area contributed by atoms with Crippen molar-refractivity contribution in [3.63, 3.8) is 0 Å². The zero-order valence-corrected chi connectivity index (χ0v) is 18.6. The Balaban J connectivity index is 1.46. The van der Waals surface area contributed by atoms with Gasteiger partial charge in [0.2, 0.25) is 0 Å². The first-order valence-electron chi connectivity index (χ1n) is 10.1. The smallest absolute Gasteiger partial charge is 0.169 e. The van der Waals surface area contributed by atoms with Crippen molar-refractivity contribution in [2.45, 2.75) is 20.3 Å². The van der Waals surface area contributed by atoms with Gasteiger partial charge in [-0.1, -0.05) is 23.8 Å².